The number of hydrogen-bond acceptors (Lipinski definition) is 2. The summed E-state index contributed by atoms with van der Waals surface area (Å²) in [4.78, 5) is 14.3. The Bertz CT molecular complexity index is 613. The molecule has 2 rings (SSSR count). The van der Waals surface area contributed by atoms with Crippen molar-refractivity contribution in [1.82, 2.24) is 0 Å². The number of nitrogens with two attached hydrogens (primary N) is 1. The number of benzene rings is 2. The Balaban J connectivity index is 2.36. The Kier molecular flexibility index (Phi) is 4.93. The molecule has 0 aliphatic rings. The lowest BCUT2D eigenvalue weighted by molar-refractivity contribution is 0.0982. The SMILES string of the molecule is CCCCN(C(=O)c1cc(N)ccc1F)c1ccccc1. The van der Waals surface area contributed by atoms with Crippen LogP contribution in [-0.4, -0.2) is 12.5 Å². The molecule has 0 aliphatic heterocycles. The third-order valence-corrected chi connectivity index (χ3v) is 3.27. The average molecular weight is 286 g/mol. The molecule has 1 amide bonds. The lowest BCUT2D eigenvalue weighted by Crippen LogP contribution is -2.32. The summed E-state index contributed by atoms with van der Waals surface area (Å²) in [6.45, 7) is 2.60. The van der Waals surface area contributed by atoms with Crippen LogP contribution in [0, 0.1) is 5.82 Å². The molecule has 3 nitrogen and oxygen atoms in total. The van der Waals surface area contributed by atoms with Crippen molar-refractivity contribution in [2.24, 2.45) is 0 Å². The number of anilines is 2. The van der Waals surface area contributed by atoms with Gasteiger partial charge in [0.15, 0.2) is 0 Å². The molecular formula is C17H19FN2O. The number of para-hydroxylation sites is 1. The van der Waals surface area contributed by atoms with E-state index in [1.165, 1.54) is 18.2 Å². The highest BCUT2D eigenvalue weighted by Gasteiger charge is 2.20. The number of nitrogen functional groups attached to an aromatic ring is 1. The predicted molar refractivity (Wildman–Crippen MR) is 83.8 cm³/mol. The molecule has 0 atom stereocenters. The van der Waals surface area contributed by atoms with Crippen molar-refractivity contribution >= 4 is 17.3 Å². The molecule has 2 aromatic carbocycles. The second kappa shape index (κ2) is 6.88. The van der Waals surface area contributed by atoms with Gasteiger partial charge < -0.3 is 10.6 Å². The highest BCUT2D eigenvalue weighted by molar-refractivity contribution is 6.06. The Morgan fingerprint density at radius 2 is 1.90 bits per heavy atom. The maximum atomic E-state index is 13.9. The van der Waals surface area contributed by atoms with Crippen LogP contribution in [0.4, 0.5) is 15.8 Å². The molecule has 0 bridgehead atoms. The number of carbonyl (C=O) groups excluding carboxylic acids is 1. The number of halogens is 1. The fraction of sp³-hybridized carbons (Fsp3) is 0.235. The van der Waals surface area contributed by atoms with Crippen molar-refractivity contribution in [3.8, 4) is 0 Å². The summed E-state index contributed by atoms with van der Waals surface area (Å²) in [5.41, 5.74) is 6.82. The molecule has 0 radical (unpaired) electrons. The quantitative estimate of drug-likeness (QED) is 0.848. The Labute approximate surface area is 124 Å². The van der Waals surface area contributed by atoms with Gasteiger partial charge in [0, 0.05) is 17.9 Å². The van der Waals surface area contributed by atoms with Crippen LogP contribution in [-0.2, 0) is 0 Å². The highest BCUT2D eigenvalue weighted by atomic mass is 19.1. The van der Waals surface area contributed by atoms with Crippen LogP contribution < -0.4 is 10.6 Å². The van der Waals surface area contributed by atoms with E-state index >= 15 is 0 Å². The first-order valence-corrected chi connectivity index (χ1v) is 7.05. The molecule has 4 heteroatoms. The number of unbranched alkanes of at least 4 members (excludes halogenated alkanes) is 1. The van der Waals surface area contributed by atoms with Gasteiger partial charge in [0.25, 0.3) is 5.91 Å². The minimum absolute atomic E-state index is 0.00922. The zero-order valence-electron chi connectivity index (χ0n) is 12.1. The van der Waals surface area contributed by atoms with Gasteiger partial charge in [0.1, 0.15) is 5.82 Å². The van der Waals surface area contributed by atoms with E-state index in [0.717, 1.165) is 18.5 Å². The normalized spacial score (nSPS) is 10.4. The van der Waals surface area contributed by atoms with E-state index in [9.17, 15) is 9.18 Å². The minimum Gasteiger partial charge on any atom is -0.399 e. The summed E-state index contributed by atoms with van der Waals surface area (Å²) in [5.74, 6) is -0.911. The van der Waals surface area contributed by atoms with Crippen LogP contribution in [0.1, 0.15) is 30.1 Å². The zero-order chi connectivity index (χ0) is 15.2. The van der Waals surface area contributed by atoms with Crippen molar-refractivity contribution in [3.63, 3.8) is 0 Å². The second-order valence-corrected chi connectivity index (χ2v) is 4.89. The Morgan fingerprint density at radius 1 is 1.19 bits per heavy atom. The number of nitrogens with zero attached hydrogens (tertiary/aromatic N) is 1. The summed E-state index contributed by atoms with van der Waals surface area (Å²) >= 11 is 0. The first-order chi connectivity index (χ1) is 10.1. The summed E-state index contributed by atoms with van der Waals surface area (Å²) in [7, 11) is 0. The van der Waals surface area contributed by atoms with Crippen LogP contribution >= 0.6 is 0 Å². The van der Waals surface area contributed by atoms with E-state index in [0.29, 0.717) is 12.2 Å². The molecule has 0 heterocycles. The first kappa shape index (κ1) is 15.0. The minimum atomic E-state index is -0.549. The summed E-state index contributed by atoms with van der Waals surface area (Å²) in [6, 6.07) is 13.4. The van der Waals surface area contributed by atoms with E-state index in [2.05, 4.69) is 6.92 Å². The van der Waals surface area contributed by atoms with Gasteiger partial charge in [0.2, 0.25) is 0 Å². The van der Waals surface area contributed by atoms with Crippen molar-refractivity contribution in [1.29, 1.82) is 0 Å². The average Bonchev–Trinajstić information content (AvgIpc) is 2.51. The maximum absolute atomic E-state index is 13.9. The third kappa shape index (κ3) is 3.60. The van der Waals surface area contributed by atoms with E-state index in [-0.39, 0.29) is 11.5 Å². The molecule has 2 aromatic rings. The number of amides is 1. The van der Waals surface area contributed by atoms with E-state index < -0.39 is 5.82 Å². The monoisotopic (exact) mass is 286 g/mol. The number of hydrogen-bond donors (Lipinski definition) is 1. The second-order valence-electron chi connectivity index (χ2n) is 4.89. The van der Waals surface area contributed by atoms with Crippen LogP contribution in [0.15, 0.2) is 48.5 Å². The summed E-state index contributed by atoms with van der Waals surface area (Å²) in [6.07, 6.45) is 1.81. The van der Waals surface area contributed by atoms with Gasteiger partial charge in [-0.25, -0.2) is 4.39 Å². The molecule has 0 aliphatic carbocycles. The van der Waals surface area contributed by atoms with Crippen molar-refractivity contribution < 1.29 is 9.18 Å². The van der Waals surface area contributed by atoms with E-state index in [1.54, 1.807) is 4.90 Å². The van der Waals surface area contributed by atoms with Crippen LogP contribution in [0.3, 0.4) is 0 Å². The first-order valence-electron chi connectivity index (χ1n) is 7.05. The van der Waals surface area contributed by atoms with Gasteiger partial charge in [-0.1, -0.05) is 31.5 Å². The number of carbonyl (C=O) groups is 1. The van der Waals surface area contributed by atoms with E-state index in [1.807, 2.05) is 30.3 Å². The van der Waals surface area contributed by atoms with Crippen LogP contribution in [0.5, 0.6) is 0 Å². The Morgan fingerprint density at radius 3 is 2.57 bits per heavy atom. The third-order valence-electron chi connectivity index (χ3n) is 3.27. The van der Waals surface area contributed by atoms with Gasteiger partial charge in [-0.2, -0.15) is 0 Å². The highest BCUT2D eigenvalue weighted by Crippen LogP contribution is 2.20. The van der Waals surface area contributed by atoms with Crippen LogP contribution in [0.25, 0.3) is 0 Å². The van der Waals surface area contributed by atoms with Gasteiger partial charge in [-0.15, -0.1) is 0 Å². The largest absolute Gasteiger partial charge is 0.399 e. The zero-order valence-corrected chi connectivity index (χ0v) is 12.1. The molecule has 2 N–H and O–H groups in total. The molecule has 0 unspecified atom stereocenters. The van der Waals surface area contributed by atoms with Gasteiger partial charge >= 0.3 is 0 Å². The molecule has 0 spiro atoms. The molecule has 0 saturated heterocycles. The lowest BCUT2D eigenvalue weighted by atomic mass is 10.1. The molecular weight excluding hydrogens is 267 g/mol. The van der Waals surface area contributed by atoms with E-state index in [4.69, 9.17) is 5.73 Å². The molecule has 0 aromatic heterocycles. The van der Waals surface area contributed by atoms with Gasteiger partial charge in [-0.3, -0.25) is 4.79 Å². The van der Waals surface area contributed by atoms with Crippen molar-refractivity contribution in [3.05, 3.63) is 59.9 Å². The fourth-order valence-corrected chi connectivity index (χ4v) is 2.12. The predicted octanol–water partition coefficient (Wildman–Crippen LogP) is 3.85. The summed E-state index contributed by atoms with van der Waals surface area (Å²) < 4.78 is 13.9. The molecule has 0 fully saturated rings. The van der Waals surface area contributed by atoms with Gasteiger partial charge in [-0.05, 0) is 36.8 Å². The van der Waals surface area contributed by atoms with Crippen LogP contribution in [0.2, 0.25) is 0 Å². The van der Waals surface area contributed by atoms with Gasteiger partial charge in [0.05, 0.1) is 5.56 Å². The maximum Gasteiger partial charge on any atom is 0.261 e. The molecule has 110 valence electrons. The summed E-state index contributed by atoms with van der Waals surface area (Å²) in [5, 5.41) is 0. The standard InChI is InChI=1S/C17H19FN2O/c1-2-3-11-20(14-7-5-4-6-8-14)17(21)15-12-13(19)9-10-16(15)18/h4-10,12H,2-3,11,19H2,1H3. The number of rotatable bonds is 5. The smallest absolute Gasteiger partial charge is 0.261 e. The van der Waals surface area contributed by atoms with Crippen molar-refractivity contribution in [2.45, 2.75) is 19.8 Å². The molecule has 0 saturated carbocycles. The van der Waals surface area contributed by atoms with Crippen molar-refractivity contribution in [2.75, 3.05) is 17.2 Å². The molecule has 21 heavy (non-hydrogen) atoms. The topological polar surface area (TPSA) is 46.3 Å². The fourth-order valence-electron chi connectivity index (χ4n) is 2.12. The lowest BCUT2D eigenvalue weighted by Gasteiger charge is -2.23. The Hall–Kier alpha value is -2.36.